The molecule has 0 aliphatic carbocycles. The van der Waals surface area contributed by atoms with Crippen LogP contribution in [-0.2, 0) is 13.0 Å². The minimum atomic E-state index is -0.211. The van der Waals surface area contributed by atoms with Crippen molar-refractivity contribution in [3.63, 3.8) is 0 Å². The monoisotopic (exact) mass is 274 g/mol. The second kappa shape index (κ2) is 4.66. The largest absolute Gasteiger partial charge is 0.364 e. The summed E-state index contributed by atoms with van der Waals surface area (Å²) in [4.78, 5) is 30.3. The molecule has 1 amide bonds. The third-order valence-corrected chi connectivity index (χ3v) is 4.41. The van der Waals surface area contributed by atoms with E-state index in [1.807, 2.05) is 0 Å². The minimum Gasteiger partial charge on any atom is -0.364 e. The van der Waals surface area contributed by atoms with E-state index in [1.165, 1.54) is 22.7 Å². The highest BCUT2D eigenvalue weighted by atomic mass is 32.1. The molecule has 19 heavy (non-hydrogen) atoms. The van der Waals surface area contributed by atoms with Gasteiger partial charge in [-0.1, -0.05) is 0 Å². The number of fused-ring (bicyclic) bond motifs is 1. The third-order valence-electron chi connectivity index (χ3n) is 3.38. The van der Waals surface area contributed by atoms with Crippen LogP contribution in [0.4, 0.5) is 0 Å². The molecule has 2 aromatic heterocycles. The van der Waals surface area contributed by atoms with Gasteiger partial charge in [0.15, 0.2) is 5.43 Å². The van der Waals surface area contributed by atoms with Gasteiger partial charge in [0, 0.05) is 35.9 Å². The fourth-order valence-electron chi connectivity index (χ4n) is 2.33. The molecular weight excluding hydrogens is 260 g/mol. The van der Waals surface area contributed by atoms with Crippen molar-refractivity contribution in [1.29, 1.82) is 0 Å². The first-order chi connectivity index (χ1) is 9.15. The van der Waals surface area contributed by atoms with Crippen molar-refractivity contribution in [2.75, 3.05) is 6.54 Å². The maximum atomic E-state index is 12.4. The van der Waals surface area contributed by atoms with Crippen LogP contribution in [0.25, 0.3) is 0 Å². The van der Waals surface area contributed by atoms with Gasteiger partial charge in [-0.2, -0.15) is 0 Å². The van der Waals surface area contributed by atoms with Crippen LogP contribution in [0.3, 0.4) is 0 Å². The Hall–Kier alpha value is -1.88. The number of carbonyl (C=O) groups is 1. The fourth-order valence-corrected chi connectivity index (χ4v) is 3.22. The zero-order chi connectivity index (χ0) is 13.4. The molecule has 1 aliphatic heterocycles. The van der Waals surface area contributed by atoms with Crippen LogP contribution in [0.15, 0.2) is 28.5 Å². The standard InChI is InChI=1S/C14H14N2O2S/c1-9-6-12(17)11(7-15-9)14(18)16-4-2-13-10(8-16)3-5-19-13/h3,5-7H,2,4,8H2,1H3,(H,15,17). The smallest absolute Gasteiger partial charge is 0.259 e. The predicted molar refractivity (Wildman–Crippen MR) is 74.6 cm³/mol. The molecule has 3 heterocycles. The number of aryl methyl sites for hydroxylation is 1. The molecule has 0 unspecified atom stereocenters. The summed E-state index contributed by atoms with van der Waals surface area (Å²) in [6.45, 7) is 3.08. The van der Waals surface area contributed by atoms with Gasteiger partial charge in [-0.05, 0) is 30.4 Å². The van der Waals surface area contributed by atoms with Crippen molar-refractivity contribution in [3.05, 3.63) is 55.6 Å². The lowest BCUT2D eigenvalue weighted by atomic mass is 10.1. The number of rotatable bonds is 1. The highest BCUT2D eigenvalue weighted by Gasteiger charge is 2.23. The van der Waals surface area contributed by atoms with Gasteiger partial charge in [-0.15, -0.1) is 11.3 Å². The van der Waals surface area contributed by atoms with E-state index < -0.39 is 0 Å². The first kappa shape index (κ1) is 12.2. The van der Waals surface area contributed by atoms with Crippen molar-refractivity contribution < 1.29 is 4.79 Å². The van der Waals surface area contributed by atoms with Crippen LogP contribution >= 0.6 is 11.3 Å². The molecule has 1 aliphatic rings. The van der Waals surface area contributed by atoms with Gasteiger partial charge < -0.3 is 9.88 Å². The number of aromatic amines is 1. The summed E-state index contributed by atoms with van der Waals surface area (Å²) >= 11 is 1.73. The van der Waals surface area contributed by atoms with Crippen molar-refractivity contribution in [2.24, 2.45) is 0 Å². The highest BCUT2D eigenvalue weighted by molar-refractivity contribution is 7.10. The average molecular weight is 274 g/mol. The summed E-state index contributed by atoms with van der Waals surface area (Å²) < 4.78 is 0. The summed E-state index contributed by atoms with van der Waals surface area (Å²) in [5, 5.41) is 2.05. The Labute approximate surface area is 114 Å². The Balaban J connectivity index is 1.87. The van der Waals surface area contributed by atoms with Crippen molar-refractivity contribution >= 4 is 17.2 Å². The molecule has 0 bridgehead atoms. The van der Waals surface area contributed by atoms with E-state index in [9.17, 15) is 9.59 Å². The first-order valence-electron chi connectivity index (χ1n) is 6.19. The number of aromatic nitrogens is 1. The molecule has 0 atom stereocenters. The molecule has 0 saturated carbocycles. The molecule has 1 N–H and O–H groups in total. The highest BCUT2D eigenvalue weighted by Crippen LogP contribution is 2.24. The number of pyridine rings is 1. The number of carbonyl (C=O) groups excluding carboxylic acids is 1. The molecule has 3 rings (SSSR count). The molecule has 4 nitrogen and oxygen atoms in total. The van der Waals surface area contributed by atoms with Gasteiger partial charge in [-0.25, -0.2) is 0 Å². The second-order valence-electron chi connectivity index (χ2n) is 4.74. The Morgan fingerprint density at radius 2 is 2.32 bits per heavy atom. The van der Waals surface area contributed by atoms with Crippen LogP contribution in [-0.4, -0.2) is 22.3 Å². The molecule has 0 spiro atoms. The third kappa shape index (κ3) is 2.21. The lowest BCUT2D eigenvalue weighted by Gasteiger charge is -2.26. The number of amides is 1. The Morgan fingerprint density at radius 1 is 1.47 bits per heavy atom. The van der Waals surface area contributed by atoms with Crippen LogP contribution in [0.2, 0.25) is 0 Å². The van der Waals surface area contributed by atoms with E-state index in [1.54, 1.807) is 23.2 Å². The Bertz CT molecular complexity index is 687. The lowest BCUT2D eigenvalue weighted by Crippen LogP contribution is -2.37. The van der Waals surface area contributed by atoms with E-state index in [4.69, 9.17) is 0 Å². The van der Waals surface area contributed by atoms with Gasteiger partial charge in [0.25, 0.3) is 5.91 Å². The molecule has 5 heteroatoms. The summed E-state index contributed by atoms with van der Waals surface area (Å²) in [5.41, 5.74) is 1.98. The Morgan fingerprint density at radius 3 is 3.11 bits per heavy atom. The van der Waals surface area contributed by atoms with E-state index in [0.29, 0.717) is 13.1 Å². The lowest BCUT2D eigenvalue weighted by molar-refractivity contribution is 0.0734. The number of H-pyrrole nitrogens is 1. The average Bonchev–Trinajstić information content (AvgIpc) is 2.85. The van der Waals surface area contributed by atoms with Crippen LogP contribution < -0.4 is 5.43 Å². The number of nitrogens with zero attached hydrogens (tertiary/aromatic N) is 1. The molecule has 0 saturated heterocycles. The van der Waals surface area contributed by atoms with E-state index in [-0.39, 0.29) is 16.9 Å². The quantitative estimate of drug-likeness (QED) is 0.864. The molecule has 98 valence electrons. The maximum absolute atomic E-state index is 12.4. The number of hydrogen-bond donors (Lipinski definition) is 1. The topological polar surface area (TPSA) is 53.2 Å². The Kier molecular flexibility index (Phi) is 2.98. The zero-order valence-electron chi connectivity index (χ0n) is 10.6. The minimum absolute atomic E-state index is 0.182. The molecule has 0 aromatic carbocycles. The number of thiophene rings is 1. The van der Waals surface area contributed by atoms with Crippen LogP contribution in [0.1, 0.15) is 26.5 Å². The number of nitrogens with one attached hydrogen (secondary N) is 1. The zero-order valence-corrected chi connectivity index (χ0v) is 11.4. The summed E-state index contributed by atoms with van der Waals surface area (Å²) in [5.74, 6) is -0.182. The van der Waals surface area contributed by atoms with Crippen molar-refractivity contribution in [2.45, 2.75) is 19.9 Å². The first-order valence-corrected chi connectivity index (χ1v) is 7.07. The van der Waals surface area contributed by atoms with Gasteiger partial charge >= 0.3 is 0 Å². The van der Waals surface area contributed by atoms with E-state index >= 15 is 0 Å². The van der Waals surface area contributed by atoms with Gasteiger partial charge in [0.05, 0.1) is 0 Å². The summed E-state index contributed by atoms with van der Waals surface area (Å²) in [6, 6.07) is 3.52. The molecular formula is C14H14N2O2S. The van der Waals surface area contributed by atoms with Gasteiger partial charge in [-0.3, -0.25) is 9.59 Å². The van der Waals surface area contributed by atoms with Crippen molar-refractivity contribution in [3.8, 4) is 0 Å². The summed E-state index contributed by atoms with van der Waals surface area (Å²) in [7, 11) is 0. The SMILES string of the molecule is Cc1cc(=O)c(C(=O)N2CCc3sccc3C2)c[nH]1. The molecule has 0 radical (unpaired) electrons. The van der Waals surface area contributed by atoms with E-state index in [2.05, 4.69) is 16.4 Å². The second-order valence-corrected chi connectivity index (χ2v) is 5.74. The normalized spacial score (nSPS) is 14.3. The summed E-state index contributed by atoms with van der Waals surface area (Å²) in [6.07, 6.45) is 2.39. The van der Waals surface area contributed by atoms with Crippen LogP contribution in [0, 0.1) is 6.92 Å². The fraction of sp³-hybridized carbons (Fsp3) is 0.286. The predicted octanol–water partition coefficient (Wildman–Crippen LogP) is 1.94. The van der Waals surface area contributed by atoms with Gasteiger partial charge in [0.1, 0.15) is 5.56 Å². The van der Waals surface area contributed by atoms with Gasteiger partial charge in [0.2, 0.25) is 0 Å². The van der Waals surface area contributed by atoms with E-state index in [0.717, 1.165) is 12.1 Å². The van der Waals surface area contributed by atoms with Crippen LogP contribution in [0.5, 0.6) is 0 Å². The molecule has 0 fully saturated rings. The molecule has 2 aromatic rings. The van der Waals surface area contributed by atoms with Crippen molar-refractivity contribution in [1.82, 2.24) is 9.88 Å². The number of hydrogen-bond acceptors (Lipinski definition) is 3. The maximum Gasteiger partial charge on any atom is 0.259 e.